The molecule has 1 aliphatic rings. The number of aryl methyl sites for hydroxylation is 2. The predicted octanol–water partition coefficient (Wildman–Crippen LogP) is 5.67. The minimum absolute atomic E-state index is 0.0426. The van der Waals surface area contributed by atoms with Crippen molar-refractivity contribution < 1.29 is 0 Å². The fourth-order valence-corrected chi connectivity index (χ4v) is 4.70. The highest BCUT2D eigenvalue weighted by atomic mass is 32.1. The quantitative estimate of drug-likeness (QED) is 0.428. The average Bonchev–Trinajstić information content (AvgIpc) is 3.35. The molecular weight excluding hydrogens is 400 g/mol. The molecule has 0 radical (unpaired) electrons. The van der Waals surface area contributed by atoms with Crippen molar-refractivity contribution >= 4 is 23.0 Å². The van der Waals surface area contributed by atoms with Crippen molar-refractivity contribution in [1.82, 2.24) is 14.9 Å². The number of para-hydroxylation sites is 1. The summed E-state index contributed by atoms with van der Waals surface area (Å²) in [5.74, 6) is 0. The molecule has 4 aromatic rings. The van der Waals surface area contributed by atoms with Crippen molar-refractivity contribution in [3.05, 3.63) is 114 Å². The van der Waals surface area contributed by atoms with Crippen molar-refractivity contribution in [3.8, 4) is 5.69 Å². The van der Waals surface area contributed by atoms with E-state index < -0.39 is 0 Å². The first kappa shape index (κ1) is 19.5. The monoisotopic (exact) mass is 424 g/mol. The van der Waals surface area contributed by atoms with Crippen LogP contribution in [0.1, 0.15) is 34.7 Å². The smallest absolute Gasteiger partial charge is 0.174 e. The van der Waals surface area contributed by atoms with Crippen LogP contribution in [0.25, 0.3) is 5.69 Å². The second kappa shape index (κ2) is 8.00. The topological polar surface area (TPSA) is 33.1 Å². The molecule has 5 heteroatoms. The maximum atomic E-state index is 5.85. The molecule has 1 N–H and O–H groups in total. The van der Waals surface area contributed by atoms with Crippen LogP contribution in [0.15, 0.2) is 91.1 Å². The van der Waals surface area contributed by atoms with Gasteiger partial charge in [-0.15, -0.1) is 0 Å². The lowest BCUT2D eigenvalue weighted by Crippen LogP contribution is -2.30. The summed E-state index contributed by atoms with van der Waals surface area (Å²) in [6.07, 6.45) is 1.84. The molecule has 1 fully saturated rings. The van der Waals surface area contributed by atoms with E-state index in [1.54, 1.807) is 0 Å². The number of pyridine rings is 1. The molecule has 3 heterocycles. The minimum Gasteiger partial charge on any atom is -0.351 e. The molecule has 4 nitrogen and oxygen atoms in total. The Morgan fingerprint density at radius 2 is 1.55 bits per heavy atom. The summed E-state index contributed by atoms with van der Waals surface area (Å²) >= 11 is 5.85. The molecule has 0 unspecified atom stereocenters. The summed E-state index contributed by atoms with van der Waals surface area (Å²) in [5, 5.41) is 4.26. The van der Waals surface area contributed by atoms with E-state index >= 15 is 0 Å². The van der Waals surface area contributed by atoms with Crippen molar-refractivity contribution in [3.63, 3.8) is 0 Å². The Morgan fingerprint density at radius 3 is 2.26 bits per heavy atom. The van der Waals surface area contributed by atoms with E-state index in [0.29, 0.717) is 5.11 Å². The number of anilines is 1. The van der Waals surface area contributed by atoms with Gasteiger partial charge in [0.15, 0.2) is 5.11 Å². The fraction of sp³-hybridized carbons (Fsp3) is 0.154. The highest BCUT2D eigenvalue weighted by Gasteiger charge is 2.42. The van der Waals surface area contributed by atoms with Crippen molar-refractivity contribution in [2.75, 3.05) is 4.90 Å². The molecule has 2 aromatic carbocycles. The van der Waals surface area contributed by atoms with Gasteiger partial charge in [-0.1, -0.05) is 42.0 Å². The Kier molecular flexibility index (Phi) is 5.04. The Hall–Kier alpha value is -3.44. The zero-order valence-corrected chi connectivity index (χ0v) is 18.4. The first-order valence-corrected chi connectivity index (χ1v) is 10.9. The van der Waals surface area contributed by atoms with Gasteiger partial charge in [-0.25, -0.2) is 0 Å². The first-order chi connectivity index (χ1) is 15.1. The number of hydrogen-bond donors (Lipinski definition) is 1. The summed E-state index contributed by atoms with van der Waals surface area (Å²) in [6.45, 7) is 4.24. The molecule has 0 bridgehead atoms. The Bertz CT molecular complexity index is 1200. The molecule has 2 atom stereocenters. The molecular formula is C26H24N4S. The van der Waals surface area contributed by atoms with E-state index in [0.717, 1.165) is 17.1 Å². The lowest BCUT2D eigenvalue weighted by Gasteiger charge is -2.29. The molecule has 5 rings (SSSR count). The number of aromatic nitrogens is 2. The number of rotatable bonds is 4. The summed E-state index contributed by atoms with van der Waals surface area (Å²) in [4.78, 5) is 6.89. The third-order valence-corrected chi connectivity index (χ3v) is 6.15. The van der Waals surface area contributed by atoms with E-state index in [1.165, 1.54) is 17.0 Å². The summed E-state index contributed by atoms with van der Waals surface area (Å²) in [7, 11) is 0. The van der Waals surface area contributed by atoms with Crippen molar-refractivity contribution in [2.45, 2.75) is 25.9 Å². The lowest BCUT2D eigenvalue weighted by atomic mass is 10.0. The van der Waals surface area contributed by atoms with Gasteiger partial charge in [0.2, 0.25) is 0 Å². The normalized spacial score (nSPS) is 18.3. The number of nitrogens with one attached hydrogen (secondary N) is 1. The van der Waals surface area contributed by atoms with E-state index in [4.69, 9.17) is 12.2 Å². The van der Waals surface area contributed by atoms with Gasteiger partial charge in [0.05, 0.1) is 11.7 Å². The molecule has 0 saturated carbocycles. The Morgan fingerprint density at radius 1 is 0.806 bits per heavy atom. The van der Waals surface area contributed by atoms with Crippen LogP contribution < -0.4 is 10.2 Å². The molecule has 0 spiro atoms. The van der Waals surface area contributed by atoms with Crippen LogP contribution in [0.5, 0.6) is 0 Å². The Labute approximate surface area is 188 Å². The van der Waals surface area contributed by atoms with E-state index in [1.807, 2.05) is 24.4 Å². The summed E-state index contributed by atoms with van der Waals surface area (Å²) in [6, 6.07) is 29.3. The molecule has 0 aliphatic carbocycles. The van der Waals surface area contributed by atoms with Gasteiger partial charge in [-0.2, -0.15) is 0 Å². The first-order valence-electron chi connectivity index (χ1n) is 10.4. The molecule has 0 amide bonds. The molecule has 1 saturated heterocycles. The highest BCUT2D eigenvalue weighted by Crippen LogP contribution is 2.42. The molecule has 2 aromatic heterocycles. The van der Waals surface area contributed by atoms with Gasteiger partial charge in [-0.3, -0.25) is 4.98 Å². The zero-order chi connectivity index (χ0) is 21.4. The molecule has 31 heavy (non-hydrogen) atoms. The summed E-state index contributed by atoms with van der Waals surface area (Å²) < 4.78 is 2.32. The number of thiocarbonyl (C=S) groups is 1. The van der Waals surface area contributed by atoms with Gasteiger partial charge >= 0.3 is 0 Å². The fourth-order valence-electron chi connectivity index (χ4n) is 4.36. The van der Waals surface area contributed by atoms with Crippen LogP contribution in [0, 0.1) is 13.8 Å². The second-order valence-electron chi connectivity index (χ2n) is 7.90. The number of benzene rings is 2. The maximum Gasteiger partial charge on any atom is 0.174 e. The molecule has 1 aliphatic heterocycles. The highest BCUT2D eigenvalue weighted by molar-refractivity contribution is 7.80. The third kappa shape index (κ3) is 3.51. The second-order valence-corrected chi connectivity index (χ2v) is 8.29. The average molecular weight is 425 g/mol. The van der Waals surface area contributed by atoms with Crippen LogP contribution in [0.3, 0.4) is 0 Å². The third-order valence-electron chi connectivity index (χ3n) is 5.83. The SMILES string of the molecule is Cc1ccc(N2C(=S)N[C@H](c3ccccn3)[C@@H]2c2ccc(C)n2-c2ccccc2)cc1. The number of hydrogen-bond acceptors (Lipinski definition) is 2. The number of nitrogens with zero attached hydrogens (tertiary/aromatic N) is 3. The molecule has 154 valence electrons. The van der Waals surface area contributed by atoms with E-state index in [-0.39, 0.29) is 12.1 Å². The largest absolute Gasteiger partial charge is 0.351 e. The van der Waals surface area contributed by atoms with Crippen LogP contribution in [0.4, 0.5) is 5.69 Å². The van der Waals surface area contributed by atoms with Gasteiger partial charge in [0.1, 0.15) is 6.04 Å². The van der Waals surface area contributed by atoms with Crippen molar-refractivity contribution in [2.24, 2.45) is 0 Å². The standard InChI is InChI=1S/C26H24N4S/c1-18-11-14-21(15-12-18)30-25(24(28-26(30)31)22-10-6-7-17-27-22)23-16-13-19(2)29(23)20-8-4-3-5-9-20/h3-17,24-25H,1-2H3,(H,28,31)/t24-,25+/m1/s1. The van der Waals surface area contributed by atoms with Crippen LogP contribution in [0.2, 0.25) is 0 Å². The van der Waals surface area contributed by atoms with Gasteiger partial charge < -0.3 is 14.8 Å². The maximum absolute atomic E-state index is 5.85. The Balaban J connectivity index is 1.70. The van der Waals surface area contributed by atoms with E-state index in [2.05, 4.69) is 100 Å². The van der Waals surface area contributed by atoms with Gasteiger partial charge in [0.25, 0.3) is 0 Å². The van der Waals surface area contributed by atoms with Gasteiger partial charge in [0, 0.05) is 29.0 Å². The summed E-state index contributed by atoms with van der Waals surface area (Å²) in [5.41, 5.74) is 6.77. The van der Waals surface area contributed by atoms with Crippen LogP contribution in [-0.4, -0.2) is 14.7 Å². The van der Waals surface area contributed by atoms with Crippen LogP contribution >= 0.6 is 12.2 Å². The van der Waals surface area contributed by atoms with Gasteiger partial charge in [-0.05, 0) is 74.6 Å². The lowest BCUT2D eigenvalue weighted by molar-refractivity contribution is 0.548. The minimum atomic E-state index is -0.0632. The van der Waals surface area contributed by atoms with E-state index in [9.17, 15) is 0 Å². The zero-order valence-electron chi connectivity index (χ0n) is 17.6. The predicted molar refractivity (Wildman–Crippen MR) is 130 cm³/mol. The van der Waals surface area contributed by atoms with Crippen LogP contribution in [-0.2, 0) is 0 Å². The van der Waals surface area contributed by atoms with Crippen molar-refractivity contribution in [1.29, 1.82) is 0 Å².